The standard InChI is InChI=1S/C10H20N2/c11-7-3-1-4-8-12-9-5-2-6-10-12/h1,3H,2,4-11H2/b3-1-. The van der Waals surface area contributed by atoms with Crippen LogP contribution in [0.25, 0.3) is 0 Å². The number of hydrogen-bond acceptors (Lipinski definition) is 2. The molecule has 2 N–H and O–H groups in total. The summed E-state index contributed by atoms with van der Waals surface area (Å²) in [5.74, 6) is 0. The summed E-state index contributed by atoms with van der Waals surface area (Å²) in [6, 6.07) is 0. The molecular weight excluding hydrogens is 148 g/mol. The van der Waals surface area contributed by atoms with Crippen molar-refractivity contribution in [1.29, 1.82) is 0 Å². The first kappa shape index (κ1) is 9.75. The van der Waals surface area contributed by atoms with Crippen LogP contribution in [0.15, 0.2) is 12.2 Å². The van der Waals surface area contributed by atoms with Gasteiger partial charge in [0.25, 0.3) is 0 Å². The first-order valence-corrected chi connectivity index (χ1v) is 5.01. The molecule has 2 nitrogen and oxygen atoms in total. The molecule has 0 aromatic carbocycles. The Morgan fingerprint density at radius 2 is 1.83 bits per heavy atom. The Morgan fingerprint density at radius 1 is 1.08 bits per heavy atom. The maximum atomic E-state index is 5.35. The third-order valence-electron chi connectivity index (χ3n) is 2.36. The molecular formula is C10H20N2. The summed E-state index contributed by atoms with van der Waals surface area (Å²) in [5, 5.41) is 0. The Kier molecular flexibility index (Phi) is 5.04. The summed E-state index contributed by atoms with van der Waals surface area (Å²) in [6.45, 7) is 4.50. The van der Waals surface area contributed by atoms with Gasteiger partial charge in [0.05, 0.1) is 0 Å². The fourth-order valence-corrected chi connectivity index (χ4v) is 1.65. The summed E-state index contributed by atoms with van der Waals surface area (Å²) < 4.78 is 0. The van der Waals surface area contributed by atoms with Crippen molar-refractivity contribution in [2.75, 3.05) is 26.2 Å². The maximum Gasteiger partial charge on any atom is 0.0106 e. The van der Waals surface area contributed by atoms with Crippen molar-refractivity contribution < 1.29 is 0 Å². The molecule has 2 heteroatoms. The average Bonchev–Trinajstić information content (AvgIpc) is 2.14. The molecule has 0 unspecified atom stereocenters. The first-order valence-electron chi connectivity index (χ1n) is 5.01. The quantitative estimate of drug-likeness (QED) is 0.643. The van der Waals surface area contributed by atoms with Crippen LogP contribution >= 0.6 is 0 Å². The van der Waals surface area contributed by atoms with Gasteiger partial charge in [0.15, 0.2) is 0 Å². The third-order valence-corrected chi connectivity index (χ3v) is 2.36. The zero-order valence-electron chi connectivity index (χ0n) is 7.84. The van der Waals surface area contributed by atoms with Gasteiger partial charge in [0.1, 0.15) is 0 Å². The Labute approximate surface area is 75.4 Å². The van der Waals surface area contributed by atoms with E-state index in [0.29, 0.717) is 6.54 Å². The summed E-state index contributed by atoms with van der Waals surface area (Å²) in [4.78, 5) is 2.55. The second kappa shape index (κ2) is 6.21. The molecule has 0 aromatic rings. The minimum Gasteiger partial charge on any atom is -0.327 e. The van der Waals surface area contributed by atoms with E-state index in [-0.39, 0.29) is 0 Å². The smallest absolute Gasteiger partial charge is 0.0106 e. The minimum atomic E-state index is 0.681. The van der Waals surface area contributed by atoms with Crippen LogP contribution in [0, 0.1) is 0 Å². The number of likely N-dealkylation sites (tertiary alicyclic amines) is 1. The fourth-order valence-electron chi connectivity index (χ4n) is 1.65. The van der Waals surface area contributed by atoms with Gasteiger partial charge in [-0.15, -0.1) is 0 Å². The van der Waals surface area contributed by atoms with Gasteiger partial charge in [-0.3, -0.25) is 0 Å². The number of piperidine rings is 1. The molecule has 0 aromatic heterocycles. The molecule has 0 radical (unpaired) electrons. The van der Waals surface area contributed by atoms with Crippen LogP contribution in [0.5, 0.6) is 0 Å². The van der Waals surface area contributed by atoms with Gasteiger partial charge >= 0.3 is 0 Å². The zero-order chi connectivity index (χ0) is 8.65. The van der Waals surface area contributed by atoms with Crippen molar-refractivity contribution in [3.8, 4) is 0 Å². The van der Waals surface area contributed by atoms with Gasteiger partial charge in [-0.2, -0.15) is 0 Å². The van der Waals surface area contributed by atoms with Crippen LogP contribution in [0.3, 0.4) is 0 Å². The van der Waals surface area contributed by atoms with E-state index in [1.54, 1.807) is 0 Å². The molecule has 1 saturated heterocycles. The largest absolute Gasteiger partial charge is 0.327 e. The number of rotatable bonds is 4. The van der Waals surface area contributed by atoms with E-state index in [4.69, 9.17) is 5.73 Å². The first-order chi connectivity index (χ1) is 5.93. The lowest BCUT2D eigenvalue weighted by Crippen LogP contribution is -2.30. The summed E-state index contributed by atoms with van der Waals surface area (Å²) in [6.07, 6.45) is 9.60. The Morgan fingerprint density at radius 3 is 2.50 bits per heavy atom. The van der Waals surface area contributed by atoms with Crippen LogP contribution < -0.4 is 5.73 Å². The lowest BCUT2D eigenvalue weighted by molar-refractivity contribution is 0.233. The highest BCUT2D eigenvalue weighted by Crippen LogP contribution is 2.08. The van der Waals surface area contributed by atoms with E-state index >= 15 is 0 Å². The second-order valence-electron chi connectivity index (χ2n) is 3.40. The summed E-state index contributed by atoms with van der Waals surface area (Å²) >= 11 is 0. The maximum absolute atomic E-state index is 5.35. The molecule has 0 bridgehead atoms. The highest BCUT2D eigenvalue weighted by molar-refractivity contribution is 4.83. The lowest BCUT2D eigenvalue weighted by atomic mass is 10.1. The molecule has 0 spiro atoms. The number of nitrogens with zero attached hydrogens (tertiary/aromatic N) is 1. The van der Waals surface area contributed by atoms with Gasteiger partial charge in [-0.05, 0) is 32.4 Å². The van der Waals surface area contributed by atoms with Crippen LogP contribution in [0.1, 0.15) is 25.7 Å². The number of hydrogen-bond donors (Lipinski definition) is 1. The molecule has 1 aliphatic heterocycles. The van der Waals surface area contributed by atoms with Gasteiger partial charge in [0.2, 0.25) is 0 Å². The SMILES string of the molecule is NC/C=C\CCN1CCCCC1. The van der Waals surface area contributed by atoms with E-state index in [2.05, 4.69) is 11.0 Å². The van der Waals surface area contributed by atoms with Crippen molar-refractivity contribution in [3.05, 3.63) is 12.2 Å². The van der Waals surface area contributed by atoms with Gasteiger partial charge in [-0.25, -0.2) is 0 Å². The molecule has 1 heterocycles. The topological polar surface area (TPSA) is 29.3 Å². The normalized spacial score (nSPS) is 20.4. The van der Waals surface area contributed by atoms with Crippen molar-refractivity contribution in [2.24, 2.45) is 5.73 Å². The van der Waals surface area contributed by atoms with Crippen molar-refractivity contribution in [3.63, 3.8) is 0 Å². The van der Waals surface area contributed by atoms with Crippen molar-refractivity contribution >= 4 is 0 Å². The van der Waals surface area contributed by atoms with E-state index in [1.807, 2.05) is 6.08 Å². The van der Waals surface area contributed by atoms with Crippen LogP contribution in [0.4, 0.5) is 0 Å². The summed E-state index contributed by atoms with van der Waals surface area (Å²) in [5.41, 5.74) is 5.35. The van der Waals surface area contributed by atoms with Crippen molar-refractivity contribution in [1.82, 2.24) is 4.90 Å². The lowest BCUT2D eigenvalue weighted by Gasteiger charge is -2.25. The third kappa shape index (κ3) is 3.88. The van der Waals surface area contributed by atoms with E-state index in [9.17, 15) is 0 Å². The monoisotopic (exact) mass is 168 g/mol. The number of nitrogens with two attached hydrogens (primary N) is 1. The fraction of sp³-hybridized carbons (Fsp3) is 0.800. The predicted molar refractivity (Wildman–Crippen MR) is 53.1 cm³/mol. The molecule has 0 amide bonds. The van der Waals surface area contributed by atoms with E-state index < -0.39 is 0 Å². The zero-order valence-corrected chi connectivity index (χ0v) is 7.84. The van der Waals surface area contributed by atoms with Gasteiger partial charge < -0.3 is 10.6 Å². The summed E-state index contributed by atoms with van der Waals surface area (Å²) in [7, 11) is 0. The average molecular weight is 168 g/mol. The molecule has 1 rings (SSSR count). The van der Waals surface area contributed by atoms with E-state index in [0.717, 1.165) is 6.42 Å². The predicted octanol–water partition coefficient (Wildman–Crippen LogP) is 1.38. The molecule has 0 saturated carbocycles. The van der Waals surface area contributed by atoms with E-state index in [1.165, 1.54) is 38.9 Å². The molecule has 0 aliphatic carbocycles. The Hall–Kier alpha value is -0.340. The molecule has 12 heavy (non-hydrogen) atoms. The van der Waals surface area contributed by atoms with Crippen LogP contribution in [0.2, 0.25) is 0 Å². The Balaban J connectivity index is 2.01. The highest BCUT2D eigenvalue weighted by Gasteiger charge is 2.07. The molecule has 0 atom stereocenters. The van der Waals surface area contributed by atoms with Crippen molar-refractivity contribution in [2.45, 2.75) is 25.7 Å². The van der Waals surface area contributed by atoms with Gasteiger partial charge in [0, 0.05) is 13.1 Å². The Bertz CT molecular complexity index is 126. The minimum absolute atomic E-state index is 0.681. The highest BCUT2D eigenvalue weighted by atomic mass is 15.1. The molecule has 1 aliphatic rings. The molecule has 1 fully saturated rings. The second-order valence-corrected chi connectivity index (χ2v) is 3.40. The van der Waals surface area contributed by atoms with Gasteiger partial charge in [-0.1, -0.05) is 18.6 Å². The van der Waals surface area contributed by atoms with Crippen LogP contribution in [-0.2, 0) is 0 Å². The molecule has 70 valence electrons. The van der Waals surface area contributed by atoms with Crippen LogP contribution in [-0.4, -0.2) is 31.1 Å².